The molecule has 29 heavy (non-hydrogen) atoms. The largest absolute Gasteiger partial charge is 0.445 e. The van der Waals surface area contributed by atoms with Crippen molar-refractivity contribution in [1.29, 1.82) is 0 Å². The first kappa shape index (κ1) is 21.8. The van der Waals surface area contributed by atoms with Crippen LogP contribution in [0, 0.1) is 0 Å². The minimum atomic E-state index is -0.191. The standard InChI is InChI=1S/C23H33NO5/c1-26-12-13-28-15-14-27-11-10-20-16-21-8-5-9-22(17-20)24(21)23(25)29-18-19-6-3-2-4-7-19/h2-4,6-7,16,21-22H,5,8-15,17-18H2,1H3. The van der Waals surface area contributed by atoms with Crippen molar-refractivity contribution in [3.8, 4) is 0 Å². The molecular formula is C23H33NO5. The fraction of sp³-hybridized carbons (Fsp3) is 0.609. The Hall–Kier alpha value is -1.89. The number of rotatable bonds is 11. The quantitative estimate of drug-likeness (QED) is 0.414. The number of hydrogen-bond donors (Lipinski definition) is 0. The fourth-order valence-corrected chi connectivity index (χ4v) is 4.05. The molecule has 2 unspecified atom stereocenters. The zero-order valence-electron chi connectivity index (χ0n) is 17.4. The van der Waals surface area contributed by atoms with Gasteiger partial charge in [-0.1, -0.05) is 42.0 Å². The van der Waals surface area contributed by atoms with Crippen LogP contribution in [0.2, 0.25) is 0 Å². The van der Waals surface area contributed by atoms with Gasteiger partial charge < -0.3 is 18.9 Å². The van der Waals surface area contributed by atoms with Gasteiger partial charge in [0.1, 0.15) is 6.61 Å². The Kier molecular flexibility index (Phi) is 8.99. The lowest BCUT2D eigenvalue weighted by atomic mass is 9.84. The number of nitrogens with zero attached hydrogens (tertiary/aromatic N) is 1. The van der Waals surface area contributed by atoms with E-state index in [1.54, 1.807) is 7.11 Å². The SMILES string of the molecule is COCCOCCOCCC1=CC2CCCC(C1)N2C(=O)OCc1ccccc1. The van der Waals surface area contributed by atoms with E-state index in [1.165, 1.54) is 5.57 Å². The molecule has 0 N–H and O–H groups in total. The van der Waals surface area contributed by atoms with Crippen LogP contribution in [0.4, 0.5) is 4.79 Å². The van der Waals surface area contributed by atoms with E-state index < -0.39 is 0 Å². The maximum Gasteiger partial charge on any atom is 0.410 e. The molecule has 1 fully saturated rings. The average molecular weight is 404 g/mol. The smallest absolute Gasteiger partial charge is 0.410 e. The van der Waals surface area contributed by atoms with Crippen LogP contribution in [-0.4, -0.2) is 63.2 Å². The normalized spacial score (nSPS) is 21.0. The van der Waals surface area contributed by atoms with Crippen molar-refractivity contribution in [2.45, 2.75) is 50.8 Å². The van der Waals surface area contributed by atoms with Crippen LogP contribution in [0.25, 0.3) is 0 Å². The Morgan fingerprint density at radius 3 is 2.55 bits per heavy atom. The third-order valence-corrected chi connectivity index (χ3v) is 5.50. The molecule has 2 bridgehead atoms. The second-order valence-electron chi connectivity index (χ2n) is 7.60. The molecule has 1 amide bonds. The fourth-order valence-electron chi connectivity index (χ4n) is 4.05. The first-order valence-electron chi connectivity index (χ1n) is 10.6. The summed E-state index contributed by atoms with van der Waals surface area (Å²) < 4.78 is 21.6. The second kappa shape index (κ2) is 12.0. The van der Waals surface area contributed by atoms with E-state index in [0.29, 0.717) is 39.6 Å². The van der Waals surface area contributed by atoms with Gasteiger partial charge in [0.25, 0.3) is 0 Å². The van der Waals surface area contributed by atoms with Gasteiger partial charge in [0.15, 0.2) is 0 Å². The number of amides is 1. The van der Waals surface area contributed by atoms with Crippen molar-refractivity contribution in [2.24, 2.45) is 0 Å². The van der Waals surface area contributed by atoms with E-state index in [2.05, 4.69) is 6.08 Å². The minimum absolute atomic E-state index is 0.151. The van der Waals surface area contributed by atoms with Crippen LogP contribution in [0.3, 0.4) is 0 Å². The summed E-state index contributed by atoms with van der Waals surface area (Å²) in [6, 6.07) is 10.2. The summed E-state index contributed by atoms with van der Waals surface area (Å²) in [5.41, 5.74) is 2.41. The molecule has 0 saturated carbocycles. The topological polar surface area (TPSA) is 57.2 Å². The molecule has 0 aliphatic carbocycles. The van der Waals surface area contributed by atoms with Gasteiger partial charge in [-0.3, -0.25) is 4.90 Å². The zero-order chi connectivity index (χ0) is 20.3. The number of carbonyl (C=O) groups is 1. The zero-order valence-corrected chi connectivity index (χ0v) is 17.4. The van der Waals surface area contributed by atoms with Crippen molar-refractivity contribution in [2.75, 3.05) is 40.1 Å². The highest BCUT2D eigenvalue weighted by atomic mass is 16.6. The lowest BCUT2D eigenvalue weighted by Gasteiger charge is -2.44. The Morgan fingerprint density at radius 2 is 1.79 bits per heavy atom. The van der Waals surface area contributed by atoms with Gasteiger partial charge in [-0.2, -0.15) is 0 Å². The van der Waals surface area contributed by atoms with Crippen LogP contribution in [0.5, 0.6) is 0 Å². The number of hydrogen-bond acceptors (Lipinski definition) is 5. The lowest BCUT2D eigenvalue weighted by Crippen LogP contribution is -2.51. The molecule has 0 radical (unpaired) electrons. The summed E-state index contributed by atoms with van der Waals surface area (Å²) >= 11 is 0. The van der Waals surface area contributed by atoms with Gasteiger partial charge in [0, 0.05) is 13.2 Å². The summed E-state index contributed by atoms with van der Waals surface area (Å²) in [4.78, 5) is 14.7. The maximum absolute atomic E-state index is 12.7. The van der Waals surface area contributed by atoms with Crippen molar-refractivity contribution in [3.05, 3.63) is 47.5 Å². The first-order valence-corrected chi connectivity index (χ1v) is 10.6. The third kappa shape index (κ3) is 6.84. The van der Waals surface area contributed by atoms with Gasteiger partial charge in [0.05, 0.1) is 39.1 Å². The maximum atomic E-state index is 12.7. The molecule has 1 aromatic rings. The van der Waals surface area contributed by atoms with E-state index in [9.17, 15) is 4.79 Å². The first-order chi connectivity index (χ1) is 14.3. The van der Waals surface area contributed by atoms with Gasteiger partial charge in [-0.05, 0) is 37.7 Å². The van der Waals surface area contributed by atoms with Crippen molar-refractivity contribution < 1.29 is 23.7 Å². The van der Waals surface area contributed by atoms with Crippen LogP contribution in [-0.2, 0) is 25.6 Å². The molecule has 0 spiro atoms. The molecule has 0 aromatic heterocycles. The van der Waals surface area contributed by atoms with Crippen molar-refractivity contribution in [1.82, 2.24) is 4.90 Å². The highest BCUT2D eigenvalue weighted by molar-refractivity contribution is 5.69. The Bertz CT molecular complexity index is 648. The van der Waals surface area contributed by atoms with Crippen LogP contribution in [0.1, 0.15) is 37.7 Å². The molecule has 2 atom stereocenters. The summed E-state index contributed by atoms with van der Waals surface area (Å²) in [5, 5.41) is 0. The number of methoxy groups -OCH3 is 1. The Morgan fingerprint density at radius 1 is 1.03 bits per heavy atom. The van der Waals surface area contributed by atoms with Gasteiger partial charge in [-0.15, -0.1) is 0 Å². The van der Waals surface area contributed by atoms with Crippen molar-refractivity contribution in [3.63, 3.8) is 0 Å². The van der Waals surface area contributed by atoms with E-state index in [4.69, 9.17) is 18.9 Å². The Labute approximate surface area is 173 Å². The average Bonchev–Trinajstić information content (AvgIpc) is 2.74. The van der Waals surface area contributed by atoms with Crippen molar-refractivity contribution >= 4 is 6.09 Å². The van der Waals surface area contributed by atoms with Gasteiger partial charge in [0.2, 0.25) is 0 Å². The third-order valence-electron chi connectivity index (χ3n) is 5.50. The molecule has 2 aliphatic heterocycles. The van der Waals surface area contributed by atoms with Crippen LogP contribution in [0.15, 0.2) is 42.0 Å². The molecule has 1 saturated heterocycles. The molecule has 160 valence electrons. The minimum Gasteiger partial charge on any atom is -0.445 e. The highest BCUT2D eigenvalue weighted by Crippen LogP contribution is 2.34. The van der Waals surface area contributed by atoms with Gasteiger partial charge >= 0.3 is 6.09 Å². The molecule has 6 nitrogen and oxygen atoms in total. The van der Waals surface area contributed by atoms with E-state index >= 15 is 0 Å². The molecule has 2 aliphatic rings. The molecule has 1 aromatic carbocycles. The molecule has 6 heteroatoms. The predicted octanol–water partition coefficient (Wildman–Crippen LogP) is 3.95. The summed E-state index contributed by atoms with van der Waals surface area (Å²) in [7, 11) is 1.66. The van der Waals surface area contributed by atoms with Crippen LogP contribution >= 0.6 is 0 Å². The number of benzene rings is 1. The number of ether oxygens (including phenoxy) is 4. The number of fused-ring (bicyclic) bond motifs is 2. The summed E-state index contributed by atoms with van der Waals surface area (Å²) in [5.74, 6) is 0. The van der Waals surface area contributed by atoms with E-state index in [-0.39, 0.29) is 18.2 Å². The van der Waals surface area contributed by atoms with E-state index in [0.717, 1.165) is 37.7 Å². The summed E-state index contributed by atoms with van der Waals surface area (Å²) in [6.07, 6.45) is 7.12. The molecular weight excluding hydrogens is 370 g/mol. The number of piperidine rings is 1. The monoisotopic (exact) mass is 403 g/mol. The molecule has 3 rings (SSSR count). The Balaban J connectivity index is 1.42. The second-order valence-corrected chi connectivity index (χ2v) is 7.60. The van der Waals surface area contributed by atoms with Gasteiger partial charge in [-0.25, -0.2) is 4.79 Å². The summed E-state index contributed by atoms with van der Waals surface area (Å²) in [6.45, 7) is 3.42. The number of carbonyl (C=O) groups excluding carboxylic acids is 1. The van der Waals surface area contributed by atoms with Crippen LogP contribution < -0.4 is 0 Å². The van der Waals surface area contributed by atoms with E-state index in [1.807, 2.05) is 35.2 Å². The lowest BCUT2D eigenvalue weighted by molar-refractivity contribution is 0.0243. The molecule has 2 heterocycles. The predicted molar refractivity (Wildman–Crippen MR) is 111 cm³/mol. The highest BCUT2D eigenvalue weighted by Gasteiger charge is 2.37.